The molecule has 0 heterocycles. The molecule has 0 radical (unpaired) electrons. The maximum Gasteiger partial charge on any atom is 0.303 e. The van der Waals surface area contributed by atoms with Crippen LogP contribution in [0.5, 0.6) is 0 Å². The van der Waals surface area contributed by atoms with Crippen molar-refractivity contribution in [1.82, 2.24) is 5.32 Å². The molecule has 2 N–H and O–H groups in total. The minimum absolute atomic E-state index is 0.0744. The van der Waals surface area contributed by atoms with Crippen LogP contribution in [0, 0.1) is 5.92 Å². The highest BCUT2D eigenvalue weighted by atomic mass is 16.4. The smallest absolute Gasteiger partial charge is 0.303 e. The highest BCUT2D eigenvalue weighted by molar-refractivity contribution is 5.80. The summed E-state index contributed by atoms with van der Waals surface area (Å²) in [5, 5.41) is 11.4. The lowest BCUT2D eigenvalue weighted by Gasteiger charge is -2.15. The fraction of sp³-hybridized carbons (Fsp3) is 0.833. The van der Waals surface area contributed by atoms with E-state index in [1.807, 2.05) is 0 Å². The van der Waals surface area contributed by atoms with Gasteiger partial charge in [0.15, 0.2) is 0 Å². The van der Waals surface area contributed by atoms with Crippen LogP contribution in [-0.4, -0.2) is 23.0 Å². The van der Waals surface area contributed by atoms with Crippen molar-refractivity contribution < 1.29 is 14.7 Å². The van der Waals surface area contributed by atoms with Crippen molar-refractivity contribution in [2.45, 2.75) is 57.9 Å². The van der Waals surface area contributed by atoms with Crippen molar-refractivity contribution in [1.29, 1.82) is 0 Å². The lowest BCUT2D eigenvalue weighted by atomic mass is 10.0. The number of carboxylic acid groups (broad SMARTS) is 1. The highest BCUT2D eigenvalue weighted by Crippen LogP contribution is 2.22. The second kappa shape index (κ2) is 6.51. The molecule has 16 heavy (non-hydrogen) atoms. The Hall–Kier alpha value is -1.06. The first-order valence-corrected chi connectivity index (χ1v) is 6.09. The van der Waals surface area contributed by atoms with Crippen LogP contribution in [0.1, 0.15) is 51.9 Å². The molecule has 1 fully saturated rings. The van der Waals surface area contributed by atoms with Gasteiger partial charge in [-0.25, -0.2) is 0 Å². The summed E-state index contributed by atoms with van der Waals surface area (Å²) >= 11 is 0. The van der Waals surface area contributed by atoms with Gasteiger partial charge in [0.25, 0.3) is 0 Å². The Bertz CT molecular complexity index is 253. The van der Waals surface area contributed by atoms with Gasteiger partial charge in [-0.3, -0.25) is 9.59 Å². The first-order valence-electron chi connectivity index (χ1n) is 6.09. The number of hydrogen-bond acceptors (Lipinski definition) is 2. The van der Waals surface area contributed by atoms with E-state index in [9.17, 15) is 9.59 Å². The molecule has 0 saturated heterocycles. The average molecular weight is 227 g/mol. The summed E-state index contributed by atoms with van der Waals surface area (Å²) in [6.07, 6.45) is 5.63. The normalized spacial score (nSPS) is 25.8. The van der Waals surface area contributed by atoms with Crippen LogP contribution in [0.2, 0.25) is 0 Å². The fourth-order valence-electron chi connectivity index (χ4n) is 2.15. The highest BCUT2D eigenvalue weighted by Gasteiger charge is 2.17. The summed E-state index contributed by atoms with van der Waals surface area (Å²) in [5.41, 5.74) is 0. The van der Waals surface area contributed by atoms with Crippen molar-refractivity contribution >= 4 is 11.9 Å². The zero-order chi connectivity index (χ0) is 12.0. The van der Waals surface area contributed by atoms with Crippen molar-refractivity contribution in [3.63, 3.8) is 0 Å². The molecule has 1 rings (SSSR count). The van der Waals surface area contributed by atoms with Crippen LogP contribution < -0.4 is 5.32 Å². The minimum atomic E-state index is -0.912. The molecule has 2 unspecified atom stereocenters. The third-order valence-electron chi connectivity index (χ3n) is 3.19. The number of carbonyl (C=O) groups is 2. The van der Waals surface area contributed by atoms with E-state index >= 15 is 0 Å². The molecule has 0 aromatic heterocycles. The molecule has 0 aromatic carbocycles. The molecule has 1 aliphatic rings. The molecule has 4 nitrogen and oxygen atoms in total. The molecule has 0 bridgehead atoms. The predicted octanol–water partition coefficient (Wildman–Crippen LogP) is 1.94. The van der Waals surface area contributed by atoms with E-state index in [1.54, 1.807) is 0 Å². The molecule has 0 spiro atoms. The first-order chi connectivity index (χ1) is 7.58. The molecule has 1 aliphatic carbocycles. The summed E-state index contributed by atoms with van der Waals surface area (Å²) in [5.74, 6) is -0.285. The standard InChI is InChI=1S/C12H21NO3/c1-9-3-2-4-10(6-5-9)13-11(14)7-8-12(15)16/h9-10H,2-8H2,1H3,(H,13,14)(H,15,16). The van der Waals surface area contributed by atoms with Crippen LogP contribution in [-0.2, 0) is 9.59 Å². The SMILES string of the molecule is CC1CCCC(NC(=O)CCC(=O)O)CC1. The molecule has 0 aliphatic heterocycles. The van der Waals surface area contributed by atoms with Crippen molar-refractivity contribution in [3.8, 4) is 0 Å². The predicted molar refractivity (Wildman–Crippen MR) is 61.0 cm³/mol. The summed E-state index contributed by atoms with van der Waals surface area (Å²) in [6.45, 7) is 2.24. The Morgan fingerprint density at radius 3 is 2.62 bits per heavy atom. The van der Waals surface area contributed by atoms with Crippen LogP contribution in [0.3, 0.4) is 0 Å². The van der Waals surface area contributed by atoms with Gasteiger partial charge in [0.2, 0.25) is 5.91 Å². The van der Waals surface area contributed by atoms with Crippen molar-refractivity contribution in [3.05, 3.63) is 0 Å². The lowest BCUT2D eigenvalue weighted by Crippen LogP contribution is -2.34. The van der Waals surface area contributed by atoms with Crippen LogP contribution in [0.25, 0.3) is 0 Å². The van der Waals surface area contributed by atoms with Crippen molar-refractivity contribution in [2.75, 3.05) is 0 Å². The zero-order valence-corrected chi connectivity index (χ0v) is 9.87. The summed E-state index contributed by atoms with van der Waals surface area (Å²) in [7, 11) is 0. The quantitative estimate of drug-likeness (QED) is 0.721. The summed E-state index contributed by atoms with van der Waals surface area (Å²) < 4.78 is 0. The van der Waals surface area contributed by atoms with Gasteiger partial charge < -0.3 is 10.4 Å². The maximum absolute atomic E-state index is 11.4. The molecule has 2 atom stereocenters. The van der Waals surface area contributed by atoms with E-state index in [2.05, 4.69) is 12.2 Å². The second-order valence-corrected chi connectivity index (χ2v) is 4.77. The van der Waals surface area contributed by atoms with Crippen LogP contribution in [0.4, 0.5) is 0 Å². The van der Waals surface area contributed by atoms with Crippen LogP contribution >= 0.6 is 0 Å². The van der Waals surface area contributed by atoms with E-state index in [1.165, 1.54) is 6.42 Å². The first kappa shape index (κ1) is 13.0. The number of aliphatic carboxylic acids is 1. The van der Waals surface area contributed by atoms with Gasteiger partial charge in [0.05, 0.1) is 6.42 Å². The number of carboxylic acids is 1. The number of nitrogens with one attached hydrogen (secondary N) is 1. The minimum Gasteiger partial charge on any atom is -0.481 e. The third kappa shape index (κ3) is 5.14. The number of hydrogen-bond donors (Lipinski definition) is 2. The molecule has 4 heteroatoms. The number of carbonyl (C=O) groups excluding carboxylic acids is 1. The third-order valence-corrected chi connectivity index (χ3v) is 3.19. The number of rotatable bonds is 4. The Morgan fingerprint density at radius 2 is 1.94 bits per heavy atom. The molecular weight excluding hydrogens is 206 g/mol. The van der Waals surface area contributed by atoms with E-state index in [0.717, 1.165) is 31.6 Å². The van der Waals surface area contributed by atoms with Crippen LogP contribution in [0.15, 0.2) is 0 Å². The summed E-state index contributed by atoms with van der Waals surface area (Å²) in [6, 6.07) is 0.256. The van der Waals surface area contributed by atoms with Gasteiger partial charge in [-0.05, 0) is 25.2 Å². The van der Waals surface area contributed by atoms with Gasteiger partial charge in [0.1, 0.15) is 0 Å². The fourth-order valence-corrected chi connectivity index (χ4v) is 2.15. The molecule has 1 saturated carbocycles. The van der Waals surface area contributed by atoms with Gasteiger partial charge in [-0.2, -0.15) is 0 Å². The van der Waals surface area contributed by atoms with Gasteiger partial charge >= 0.3 is 5.97 Å². The van der Waals surface area contributed by atoms with Gasteiger partial charge in [-0.15, -0.1) is 0 Å². The van der Waals surface area contributed by atoms with E-state index in [4.69, 9.17) is 5.11 Å². The molecule has 1 amide bonds. The molecule has 0 aromatic rings. The Morgan fingerprint density at radius 1 is 1.19 bits per heavy atom. The zero-order valence-electron chi connectivity index (χ0n) is 9.87. The average Bonchev–Trinajstić information content (AvgIpc) is 2.41. The lowest BCUT2D eigenvalue weighted by molar-refractivity contribution is -0.138. The van der Waals surface area contributed by atoms with E-state index in [-0.39, 0.29) is 24.8 Å². The topological polar surface area (TPSA) is 66.4 Å². The Labute approximate surface area is 96.4 Å². The number of amides is 1. The van der Waals surface area contributed by atoms with E-state index in [0.29, 0.717) is 0 Å². The summed E-state index contributed by atoms with van der Waals surface area (Å²) in [4.78, 5) is 21.7. The van der Waals surface area contributed by atoms with Gasteiger partial charge in [0, 0.05) is 12.5 Å². The Kier molecular flexibility index (Phi) is 5.29. The maximum atomic E-state index is 11.4. The molecular formula is C12H21NO3. The second-order valence-electron chi connectivity index (χ2n) is 4.77. The monoisotopic (exact) mass is 227 g/mol. The van der Waals surface area contributed by atoms with Gasteiger partial charge in [-0.1, -0.05) is 19.8 Å². The largest absolute Gasteiger partial charge is 0.481 e. The van der Waals surface area contributed by atoms with Crippen molar-refractivity contribution in [2.24, 2.45) is 5.92 Å². The van der Waals surface area contributed by atoms with E-state index < -0.39 is 5.97 Å². The Balaban J connectivity index is 2.24. The molecule has 92 valence electrons.